The van der Waals surface area contributed by atoms with Gasteiger partial charge in [-0.3, -0.25) is 0 Å². The molecule has 1 fully saturated rings. The minimum atomic E-state index is 0.422. The van der Waals surface area contributed by atoms with E-state index in [1.807, 2.05) is 19.2 Å². The summed E-state index contributed by atoms with van der Waals surface area (Å²) in [6.45, 7) is 2.30. The number of nitrogens with one attached hydrogen (secondary N) is 1. The summed E-state index contributed by atoms with van der Waals surface area (Å²) in [5.41, 5.74) is 0.887. The van der Waals surface area contributed by atoms with E-state index in [1.54, 1.807) is 0 Å². The van der Waals surface area contributed by atoms with Crippen LogP contribution in [-0.2, 0) is 11.3 Å². The lowest BCUT2D eigenvalue weighted by Gasteiger charge is -2.24. The van der Waals surface area contributed by atoms with Gasteiger partial charge in [-0.1, -0.05) is 11.6 Å². The third-order valence-corrected chi connectivity index (χ3v) is 3.41. The fourth-order valence-corrected chi connectivity index (χ4v) is 2.15. The maximum absolute atomic E-state index is 6.09. The van der Waals surface area contributed by atoms with Crippen molar-refractivity contribution >= 4 is 17.4 Å². The van der Waals surface area contributed by atoms with Gasteiger partial charge < -0.3 is 15.0 Å². The van der Waals surface area contributed by atoms with Gasteiger partial charge in [0.15, 0.2) is 0 Å². The molecule has 17 heavy (non-hydrogen) atoms. The van der Waals surface area contributed by atoms with Crippen molar-refractivity contribution in [1.29, 1.82) is 0 Å². The molecule has 2 heterocycles. The molecule has 94 valence electrons. The standard InChI is InChI=1S/C12H18ClN3O/c1-14-7-11-10(13)3-4-12(15-11)16(2)9-5-6-17-8-9/h3-4,9,14H,5-8H2,1-2H3. The van der Waals surface area contributed by atoms with Gasteiger partial charge in [0, 0.05) is 20.2 Å². The number of rotatable bonds is 4. The Morgan fingerprint density at radius 2 is 2.41 bits per heavy atom. The van der Waals surface area contributed by atoms with E-state index in [2.05, 4.69) is 22.2 Å². The molecule has 0 amide bonds. The lowest BCUT2D eigenvalue weighted by molar-refractivity contribution is 0.193. The van der Waals surface area contributed by atoms with Gasteiger partial charge in [-0.15, -0.1) is 0 Å². The number of halogens is 1. The summed E-state index contributed by atoms with van der Waals surface area (Å²) >= 11 is 6.09. The highest BCUT2D eigenvalue weighted by Crippen LogP contribution is 2.22. The number of pyridine rings is 1. The van der Waals surface area contributed by atoms with Crippen molar-refractivity contribution in [2.24, 2.45) is 0 Å². The molecule has 1 aliphatic heterocycles. The molecule has 0 saturated carbocycles. The van der Waals surface area contributed by atoms with Crippen molar-refractivity contribution in [3.63, 3.8) is 0 Å². The Kier molecular flexibility index (Phi) is 4.20. The van der Waals surface area contributed by atoms with Crippen LogP contribution in [0.3, 0.4) is 0 Å². The topological polar surface area (TPSA) is 37.4 Å². The first-order chi connectivity index (χ1) is 8.22. The van der Waals surface area contributed by atoms with E-state index in [1.165, 1.54) is 0 Å². The number of ether oxygens (including phenoxy) is 1. The van der Waals surface area contributed by atoms with Gasteiger partial charge in [0.2, 0.25) is 0 Å². The first-order valence-electron chi connectivity index (χ1n) is 5.83. The number of likely N-dealkylation sites (N-methyl/N-ethyl adjacent to an activating group) is 1. The normalized spacial score (nSPS) is 19.6. The summed E-state index contributed by atoms with van der Waals surface area (Å²) in [6, 6.07) is 4.29. The third kappa shape index (κ3) is 2.89. The van der Waals surface area contributed by atoms with Gasteiger partial charge in [-0.2, -0.15) is 0 Å². The van der Waals surface area contributed by atoms with Crippen molar-refractivity contribution in [1.82, 2.24) is 10.3 Å². The quantitative estimate of drug-likeness (QED) is 0.888. The molecule has 0 aromatic carbocycles. The van der Waals surface area contributed by atoms with E-state index in [0.29, 0.717) is 17.6 Å². The zero-order chi connectivity index (χ0) is 12.3. The third-order valence-electron chi connectivity index (χ3n) is 3.06. The molecule has 1 aromatic heterocycles. The maximum atomic E-state index is 6.09. The number of anilines is 1. The second-order valence-electron chi connectivity index (χ2n) is 4.26. The van der Waals surface area contributed by atoms with Crippen LogP contribution in [0.2, 0.25) is 5.02 Å². The Labute approximate surface area is 107 Å². The molecule has 0 radical (unpaired) electrons. The minimum absolute atomic E-state index is 0.422. The van der Waals surface area contributed by atoms with Crippen molar-refractivity contribution in [2.75, 3.05) is 32.2 Å². The lowest BCUT2D eigenvalue weighted by atomic mass is 10.2. The highest BCUT2D eigenvalue weighted by Gasteiger charge is 2.21. The van der Waals surface area contributed by atoms with Crippen LogP contribution in [-0.4, -0.2) is 38.3 Å². The van der Waals surface area contributed by atoms with E-state index in [0.717, 1.165) is 31.1 Å². The second kappa shape index (κ2) is 5.67. The van der Waals surface area contributed by atoms with Crippen LogP contribution in [0.4, 0.5) is 5.82 Å². The second-order valence-corrected chi connectivity index (χ2v) is 4.66. The van der Waals surface area contributed by atoms with Crippen molar-refractivity contribution in [2.45, 2.75) is 19.0 Å². The summed E-state index contributed by atoms with van der Waals surface area (Å²) < 4.78 is 5.39. The van der Waals surface area contributed by atoms with Crippen LogP contribution in [0, 0.1) is 0 Å². The number of nitrogens with zero attached hydrogens (tertiary/aromatic N) is 2. The van der Waals surface area contributed by atoms with Crippen LogP contribution in [0.25, 0.3) is 0 Å². The first-order valence-corrected chi connectivity index (χ1v) is 6.20. The van der Waals surface area contributed by atoms with Crippen molar-refractivity contribution < 1.29 is 4.74 Å². The van der Waals surface area contributed by atoms with Crippen LogP contribution < -0.4 is 10.2 Å². The van der Waals surface area contributed by atoms with E-state index in [4.69, 9.17) is 16.3 Å². The molecule has 5 heteroatoms. The van der Waals surface area contributed by atoms with Crippen LogP contribution >= 0.6 is 11.6 Å². The highest BCUT2D eigenvalue weighted by atomic mass is 35.5. The summed E-state index contributed by atoms with van der Waals surface area (Å²) in [5, 5.41) is 3.78. The van der Waals surface area contributed by atoms with E-state index >= 15 is 0 Å². The van der Waals surface area contributed by atoms with Gasteiger partial charge in [0.05, 0.1) is 23.4 Å². The highest BCUT2D eigenvalue weighted by molar-refractivity contribution is 6.31. The van der Waals surface area contributed by atoms with Gasteiger partial charge in [0.1, 0.15) is 5.82 Å². The van der Waals surface area contributed by atoms with E-state index < -0.39 is 0 Å². The number of hydrogen-bond donors (Lipinski definition) is 1. The molecule has 1 aromatic rings. The molecule has 2 rings (SSSR count). The molecule has 1 unspecified atom stereocenters. The van der Waals surface area contributed by atoms with Crippen molar-refractivity contribution in [3.05, 3.63) is 22.8 Å². The fraction of sp³-hybridized carbons (Fsp3) is 0.583. The van der Waals surface area contributed by atoms with Crippen LogP contribution in [0.1, 0.15) is 12.1 Å². The summed E-state index contributed by atoms with van der Waals surface area (Å²) in [4.78, 5) is 6.75. The Morgan fingerprint density at radius 1 is 1.59 bits per heavy atom. The smallest absolute Gasteiger partial charge is 0.129 e. The molecule has 1 atom stereocenters. The average molecular weight is 256 g/mol. The van der Waals surface area contributed by atoms with Gasteiger partial charge >= 0.3 is 0 Å². The SMILES string of the molecule is CNCc1nc(N(C)C2CCOC2)ccc1Cl. The molecule has 0 aliphatic carbocycles. The van der Waals surface area contributed by atoms with Gasteiger partial charge in [-0.25, -0.2) is 4.98 Å². The van der Waals surface area contributed by atoms with E-state index in [-0.39, 0.29) is 0 Å². The Hall–Kier alpha value is -0.840. The summed E-state index contributed by atoms with van der Waals surface area (Å²) in [7, 11) is 3.94. The molecule has 0 spiro atoms. The Balaban J connectivity index is 2.16. The van der Waals surface area contributed by atoms with Gasteiger partial charge in [0.25, 0.3) is 0 Å². The molecular weight excluding hydrogens is 238 g/mol. The molecule has 0 bridgehead atoms. The monoisotopic (exact) mass is 255 g/mol. The predicted molar refractivity (Wildman–Crippen MR) is 69.6 cm³/mol. The predicted octanol–water partition coefficient (Wildman–Crippen LogP) is 1.68. The average Bonchev–Trinajstić information content (AvgIpc) is 2.85. The van der Waals surface area contributed by atoms with Crippen LogP contribution in [0.5, 0.6) is 0 Å². The maximum Gasteiger partial charge on any atom is 0.129 e. The Bertz CT molecular complexity index is 380. The zero-order valence-corrected chi connectivity index (χ0v) is 11.0. The fourth-order valence-electron chi connectivity index (χ4n) is 1.98. The molecular formula is C12H18ClN3O. The largest absolute Gasteiger partial charge is 0.379 e. The number of aromatic nitrogens is 1. The van der Waals surface area contributed by atoms with E-state index in [9.17, 15) is 0 Å². The Morgan fingerprint density at radius 3 is 3.06 bits per heavy atom. The summed E-state index contributed by atoms with van der Waals surface area (Å²) in [6.07, 6.45) is 1.06. The van der Waals surface area contributed by atoms with Crippen LogP contribution in [0.15, 0.2) is 12.1 Å². The number of hydrogen-bond acceptors (Lipinski definition) is 4. The first kappa shape index (κ1) is 12.6. The molecule has 4 nitrogen and oxygen atoms in total. The minimum Gasteiger partial charge on any atom is -0.379 e. The van der Waals surface area contributed by atoms with Crippen molar-refractivity contribution in [3.8, 4) is 0 Å². The molecule has 1 aliphatic rings. The zero-order valence-electron chi connectivity index (χ0n) is 10.2. The lowest BCUT2D eigenvalue weighted by Crippen LogP contribution is -2.32. The van der Waals surface area contributed by atoms with Gasteiger partial charge in [-0.05, 0) is 25.6 Å². The molecule has 1 N–H and O–H groups in total. The summed E-state index contributed by atoms with van der Waals surface area (Å²) in [5.74, 6) is 0.954. The molecule has 1 saturated heterocycles.